The summed E-state index contributed by atoms with van der Waals surface area (Å²) in [6.45, 7) is 0. The van der Waals surface area contributed by atoms with Gasteiger partial charge < -0.3 is 11.0 Å². The number of aryl methyl sites for hydroxylation is 1. The predicted octanol–water partition coefficient (Wildman–Crippen LogP) is 9.97. The second kappa shape index (κ2) is 19.6. The molecular formula is C53H43Au2N2P2+2. The average molecular weight is 1160 g/mol. The maximum Gasteiger partial charge on any atom is 1.00 e. The van der Waals surface area contributed by atoms with Gasteiger partial charge in [0.1, 0.15) is 35.0 Å². The van der Waals surface area contributed by atoms with Gasteiger partial charge in [0.05, 0.1) is 29.9 Å². The van der Waals surface area contributed by atoms with Crippen LogP contribution in [0, 0.1) is 12.3 Å². The third-order valence-corrected chi connectivity index (χ3v) is 17.3. The van der Waals surface area contributed by atoms with E-state index in [4.69, 9.17) is 11.4 Å². The quantitative estimate of drug-likeness (QED) is 0.0673. The molecule has 1 aromatic heterocycles. The Balaban J connectivity index is 0.000000261. The summed E-state index contributed by atoms with van der Waals surface area (Å²) in [4.78, 5) is 5.27. The number of aromatic nitrogens is 2. The van der Waals surface area contributed by atoms with Crippen molar-refractivity contribution < 1.29 is 44.8 Å². The summed E-state index contributed by atoms with van der Waals surface area (Å²) >= 11 is 0. The van der Waals surface area contributed by atoms with Crippen LogP contribution >= 0.6 is 15.8 Å². The Morgan fingerprint density at radius 1 is 0.627 bits per heavy atom. The molecule has 2 atom stereocenters. The second-order valence-corrected chi connectivity index (χ2v) is 19.7. The van der Waals surface area contributed by atoms with Crippen LogP contribution in [0.15, 0.2) is 200 Å². The fraction of sp³-hybridized carbons (Fsp3) is 0.0755. The fourth-order valence-electron chi connectivity index (χ4n) is 8.38. The number of allylic oxidation sites excluding steroid dienone is 4. The molecular weight excluding hydrogens is 1120 g/mol. The van der Waals surface area contributed by atoms with E-state index in [0.717, 1.165) is 35.3 Å². The Bertz CT molecular complexity index is 2740. The van der Waals surface area contributed by atoms with E-state index in [2.05, 4.69) is 206 Å². The maximum absolute atomic E-state index is 7.14. The first kappa shape index (κ1) is 42.5. The Kier molecular flexibility index (Phi) is 14.1. The van der Waals surface area contributed by atoms with Gasteiger partial charge in [0.2, 0.25) is 0 Å². The molecule has 0 saturated heterocycles. The van der Waals surface area contributed by atoms with E-state index in [1.165, 1.54) is 54.3 Å². The smallest absolute Gasteiger partial charge is 0.366 e. The fourth-order valence-corrected chi connectivity index (χ4v) is 14.8. The summed E-state index contributed by atoms with van der Waals surface area (Å²) in [5.41, 5.74) is 10.0. The van der Waals surface area contributed by atoms with E-state index in [-0.39, 0.29) is 44.8 Å². The van der Waals surface area contributed by atoms with Crippen LogP contribution in [-0.2, 0) is 58.2 Å². The monoisotopic (exact) mass is 1160 g/mol. The molecule has 0 N–H and O–H groups in total. The van der Waals surface area contributed by atoms with E-state index in [1.807, 2.05) is 12.1 Å². The molecule has 6 heteroatoms. The molecule has 8 aromatic rings. The Morgan fingerprint density at radius 2 is 1.22 bits per heavy atom. The van der Waals surface area contributed by atoms with Crippen LogP contribution in [0.25, 0.3) is 33.5 Å². The third-order valence-electron chi connectivity index (χ3n) is 11.1. The average Bonchev–Trinajstić information content (AvgIpc) is 3.82. The maximum atomic E-state index is 7.14. The Morgan fingerprint density at radius 3 is 1.85 bits per heavy atom. The summed E-state index contributed by atoms with van der Waals surface area (Å²) in [6, 6.07) is 63.7. The molecule has 295 valence electrons. The molecule has 0 aliphatic heterocycles. The largest absolute Gasteiger partial charge is 1.00 e. The number of rotatable bonds is 7. The summed E-state index contributed by atoms with van der Waals surface area (Å²) in [6.07, 6.45) is 18.4. The van der Waals surface area contributed by atoms with E-state index in [9.17, 15) is 0 Å². The zero-order chi connectivity index (χ0) is 38.6. The van der Waals surface area contributed by atoms with Gasteiger partial charge in [0, 0.05) is 53.5 Å². The van der Waals surface area contributed by atoms with Crippen LogP contribution in [0.1, 0.15) is 23.1 Å². The molecule has 2 unspecified atom stereocenters. The van der Waals surface area contributed by atoms with Crippen LogP contribution < -0.4 is 26.5 Å². The minimum absolute atomic E-state index is 0. The normalized spacial score (nSPS) is 13.9. The van der Waals surface area contributed by atoms with Gasteiger partial charge in [0.25, 0.3) is 0 Å². The topological polar surface area (TPSA) is 17.8 Å². The van der Waals surface area contributed by atoms with Crippen LogP contribution in [0.3, 0.4) is 0 Å². The molecule has 0 fully saturated rings. The summed E-state index contributed by atoms with van der Waals surface area (Å²) in [7, 11) is -0.361. The van der Waals surface area contributed by atoms with Crippen molar-refractivity contribution in [3.8, 4) is 28.4 Å². The predicted molar refractivity (Wildman–Crippen MR) is 248 cm³/mol. The minimum Gasteiger partial charge on any atom is -0.366 e. The van der Waals surface area contributed by atoms with Gasteiger partial charge in [-0.3, -0.25) is 5.92 Å². The molecule has 0 amide bonds. The van der Waals surface area contributed by atoms with Crippen molar-refractivity contribution >= 4 is 53.4 Å². The number of nitrogens with zero attached hydrogens (tertiary/aromatic N) is 2. The van der Waals surface area contributed by atoms with Crippen molar-refractivity contribution in [2.45, 2.75) is 18.5 Å². The zero-order valence-corrected chi connectivity index (χ0v) is 38.9. The second-order valence-electron chi connectivity index (χ2n) is 14.6. The van der Waals surface area contributed by atoms with Gasteiger partial charge in [-0.25, -0.2) is 4.98 Å². The zero-order valence-electron chi connectivity index (χ0n) is 32.5. The van der Waals surface area contributed by atoms with E-state index < -0.39 is 15.8 Å². The molecule has 2 aliphatic rings. The molecule has 0 spiro atoms. The van der Waals surface area contributed by atoms with Crippen molar-refractivity contribution in [3.63, 3.8) is 0 Å². The summed E-state index contributed by atoms with van der Waals surface area (Å²) in [5.74, 6) is 3.45. The van der Waals surface area contributed by atoms with Crippen molar-refractivity contribution in [2.24, 2.45) is 7.05 Å². The summed E-state index contributed by atoms with van der Waals surface area (Å²) in [5, 5.41) is 7.24. The molecule has 0 bridgehead atoms. The minimum atomic E-state index is -1.32. The molecule has 2 aliphatic carbocycles. The van der Waals surface area contributed by atoms with Gasteiger partial charge in [-0.2, -0.15) is 0 Å². The van der Waals surface area contributed by atoms with E-state index in [1.54, 1.807) is 0 Å². The van der Waals surface area contributed by atoms with Gasteiger partial charge in [-0.1, -0.05) is 133 Å². The van der Waals surface area contributed by atoms with Gasteiger partial charge in [0.15, 0.2) is 0 Å². The van der Waals surface area contributed by atoms with Crippen LogP contribution in [0.2, 0.25) is 0 Å². The molecule has 7 aromatic carbocycles. The van der Waals surface area contributed by atoms with Crippen LogP contribution in [0.5, 0.6) is 0 Å². The van der Waals surface area contributed by atoms with Crippen molar-refractivity contribution in [1.82, 2.24) is 9.55 Å². The standard InChI is InChI=1S/C38H32N2P2.C15H9.2Au/c1-40-35-28-37(42(32-23-13-5-14-24-32)33-25-15-6-16-26-33)36(27-34(35)39-38(40)29-17-7-2-8-18-29)41(30-19-9-3-10-20-30)31-21-11-4-12-22-31;1-2-11-7-8-13-10-12-5-3-4-6-14(12)15(13)9-11;;/h2-21,23-28,31H,22H2,1H3;3-9H,10H2;;/q;-1;;+1/p+2. The molecule has 59 heavy (non-hydrogen) atoms. The molecule has 0 saturated carbocycles. The molecule has 10 rings (SSSR count). The first-order chi connectivity index (χ1) is 28.2. The Hall–Kier alpha value is -4.61. The third kappa shape index (κ3) is 8.97. The number of fused-ring (bicyclic) bond motifs is 4. The summed E-state index contributed by atoms with van der Waals surface area (Å²) < 4.78 is 2.28. The number of benzene rings is 7. The molecule has 1 radical (unpaired) electrons. The van der Waals surface area contributed by atoms with Crippen molar-refractivity contribution in [2.75, 3.05) is 0 Å². The van der Waals surface area contributed by atoms with Crippen molar-refractivity contribution in [3.05, 3.63) is 223 Å². The molecule has 2 nitrogen and oxygen atoms in total. The number of hydrogen-bond acceptors (Lipinski definition) is 1. The first-order valence-corrected chi connectivity index (χ1v) is 22.7. The van der Waals surface area contributed by atoms with E-state index >= 15 is 0 Å². The SMILES string of the molecule is Cn1c(-c2ccccc2)nc2cc([PH+](c3ccccc3)C3C=CC=CC3)c([PH+](c3ccccc3)c3ccccc3)cc21.[Au+].[Au].[C-]#Cc1ccc2c(c1)-c1ccccc1C2. The van der Waals surface area contributed by atoms with Crippen molar-refractivity contribution in [1.29, 1.82) is 0 Å². The van der Waals surface area contributed by atoms with Gasteiger partial charge >= 0.3 is 22.4 Å². The number of hydrogen-bond donors (Lipinski definition) is 0. The van der Waals surface area contributed by atoms with Crippen LogP contribution in [-0.4, -0.2) is 15.2 Å². The molecule has 1 heterocycles. The van der Waals surface area contributed by atoms with Gasteiger partial charge in [-0.05, 0) is 71.1 Å². The number of imidazole rings is 1. The first-order valence-electron chi connectivity index (χ1n) is 19.6. The van der Waals surface area contributed by atoms with Gasteiger partial charge in [-0.15, -0.1) is 17.7 Å². The van der Waals surface area contributed by atoms with E-state index in [0.29, 0.717) is 5.66 Å². The Labute approximate surface area is 382 Å². The van der Waals surface area contributed by atoms with Crippen LogP contribution in [0.4, 0.5) is 0 Å².